The summed E-state index contributed by atoms with van der Waals surface area (Å²) in [5.41, 5.74) is 1.63. The molecule has 0 saturated carbocycles. The van der Waals surface area contributed by atoms with Crippen LogP contribution in [0.5, 0.6) is 0 Å². The first-order chi connectivity index (χ1) is 13.6. The number of carbonyl (C=O) groups excluding carboxylic acids is 1. The molecule has 0 bridgehead atoms. The molecule has 0 spiro atoms. The molecule has 0 radical (unpaired) electrons. The first-order valence-electron chi connectivity index (χ1n) is 9.24. The van der Waals surface area contributed by atoms with Gasteiger partial charge in [0.1, 0.15) is 0 Å². The standard InChI is InChI=1S/C20H21N5O3/c1-23(19-18(25(27)28)7-4-10-21-19)14-8-11-24(12-9-14)20(26)16-13-22-17-6-3-2-5-15(16)17/h2-7,10,13-14,22H,8-9,11-12H2,1H3. The molecule has 3 heterocycles. The van der Waals surface area contributed by atoms with Crippen molar-refractivity contribution >= 4 is 28.3 Å². The van der Waals surface area contributed by atoms with E-state index in [2.05, 4.69) is 9.97 Å². The van der Waals surface area contributed by atoms with Crippen LogP contribution in [0.2, 0.25) is 0 Å². The number of nitro groups is 1. The van der Waals surface area contributed by atoms with E-state index in [0.29, 0.717) is 24.5 Å². The van der Waals surface area contributed by atoms with Crippen molar-refractivity contribution < 1.29 is 9.72 Å². The predicted molar refractivity (Wildman–Crippen MR) is 107 cm³/mol. The van der Waals surface area contributed by atoms with E-state index in [1.54, 1.807) is 18.5 Å². The molecule has 1 amide bonds. The number of fused-ring (bicyclic) bond motifs is 1. The van der Waals surface area contributed by atoms with E-state index < -0.39 is 4.92 Å². The van der Waals surface area contributed by atoms with Gasteiger partial charge in [-0.05, 0) is 25.0 Å². The van der Waals surface area contributed by atoms with Gasteiger partial charge < -0.3 is 14.8 Å². The largest absolute Gasteiger partial charge is 0.360 e. The predicted octanol–water partition coefficient (Wildman–Crippen LogP) is 3.21. The SMILES string of the molecule is CN(c1ncccc1[N+](=O)[O-])C1CCN(C(=O)c2c[nH]c3ccccc23)CC1. The fraction of sp³-hybridized carbons (Fsp3) is 0.300. The molecule has 1 aliphatic rings. The number of nitrogens with zero attached hydrogens (tertiary/aromatic N) is 4. The topological polar surface area (TPSA) is 95.4 Å². The second-order valence-electron chi connectivity index (χ2n) is 6.99. The summed E-state index contributed by atoms with van der Waals surface area (Å²) in [5, 5.41) is 12.2. The number of H-pyrrole nitrogens is 1. The maximum Gasteiger partial charge on any atom is 0.311 e. The molecular weight excluding hydrogens is 358 g/mol. The lowest BCUT2D eigenvalue weighted by Gasteiger charge is -2.37. The van der Waals surface area contributed by atoms with E-state index in [-0.39, 0.29) is 17.6 Å². The van der Waals surface area contributed by atoms with Gasteiger partial charge in [-0.2, -0.15) is 0 Å². The van der Waals surface area contributed by atoms with Gasteiger partial charge in [0.05, 0.1) is 10.5 Å². The Bertz CT molecular complexity index is 1020. The zero-order valence-corrected chi connectivity index (χ0v) is 15.5. The monoisotopic (exact) mass is 379 g/mol. The average Bonchev–Trinajstić information content (AvgIpc) is 3.17. The Morgan fingerprint density at radius 2 is 2.00 bits per heavy atom. The number of aromatic amines is 1. The van der Waals surface area contributed by atoms with Crippen LogP contribution < -0.4 is 4.90 Å². The molecule has 0 atom stereocenters. The number of likely N-dealkylation sites (tertiary alicyclic amines) is 1. The van der Waals surface area contributed by atoms with Crippen LogP contribution in [0.1, 0.15) is 23.2 Å². The molecule has 1 aliphatic heterocycles. The van der Waals surface area contributed by atoms with Crippen LogP contribution in [0.4, 0.5) is 11.5 Å². The van der Waals surface area contributed by atoms with Gasteiger partial charge in [0.25, 0.3) is 5.91 Å². The van der Waals surface area contributed by atoms with Crippen molar-refractivity contribution in [2.24, 2.45) is 0 Å². The molecular formula is C20H21N5O3. The molecule has 4 rings (SSSR count). The van der Waals surface area contributed by atoms with Crippen molar-refractivity contribution in [2.75, 3.05) is 25.0 Å². The van der Waals surface area contributed by atoms with E-state index in [4.69, 9.17) is 0 Å². The highest BCUT2D eigenvalue weighted by molar-refractivity contribution is 6.06. The van der Waals surface area contributed by atoms with Crippen molar-refractivity contribution in [1.29, 1.82) is 0 Å². The second-order valence-corrected chi connectivity index (χ2v) is 6.99. The van der Waals surface area contributed by atoms with Crippen LogP contribution in [0.3, 0.4) is 0 Å². The smallest absolute Gasteiger partial charge is 0.311 e. The van der Waals surface area contributed by atoms with Crippen molar-refractivity contribution in [3.63, 3.8) is 0 Å². The first-order valence-corrected chi connectivity index (χ1v) is 9.24. The highest BCUT2D eigenvalue weighted by atomic mass is 16.6. The number of pyridine rings is 1. The molecule has 8 heteroatoms. The van der Waals surface area contributed by atoms with Gasteiger partial charge in [0.15, 0.2) is 0 Å². The molecule has 3 aromatic rings. The molecule has 8 nitrogen and oxygen atoms in total. The second kappa shape index (κ2) is 7.30. The first kappa shape index (κ1) is 18.0. The summed E-state index contributed by atoms with van der Waals surface area (Å²) in [7, 11) is 1.83. The summed E-state index contributed by atoms with van der Waals surface area (Å²) in [4.78, 5) is 34.9. The molecule has 28 heavy (non-hydrogen) atoms. The molecule has 1 N–H and O–H groups in total. The minimum Gasteiger partial charge on any atom is -0.360 e. The van der Waals surface area contributed by atoms with Crippen molar-refractivity contribution in [3.8, 4) is 0 Å². The number of hydrogen-bond acceptors (Lipinski definition) is 5. The fourth-order valence-corrected chi connectivity index (χ4v) is 3.85. The van der Waals surface area contributed by atoms with Gasteiger partial charge in [-0.1, -0.05) is 18.2 Å². The maximum atomic E-state index is 13.0. The minimum absolute atomic E-state index is 0.00213. The lowest BCUT2D eigenvalue weighted by molar-refractivity contribution is -0.384. The number of nitrogens with one attached hydrogen (secondary N) is 1. The van der Waals surface area contributed by atoms with E-state index >= 15 is 0 Å². The zero-order chi connectivity index (χ0) is 19.7. The lowest BCUT2D eigenvalue weighted by Crippen LogP contribution is -2.46. The quantitative estimate of drug-likeness (QED) is 0.555. The van der Waals surface area contributed by atoms with Gasteiger partial charge in [0.2, 0.25) is 5.82 Å². The van der Waals surface area contributed by atoms with Crippen molar-refractivity contribution in [3.05, 3.63) is 64.5 Å². The number of anilines is 1. The highest BCUT2D eigenvalue weighted by Gasteiger charge is 2.30. The number of aromatic nitrogens is 2. The zero-order valence-electron chi connectivity index (χ0n) is 15.5. The lowest BCUT2D eigenvalue weighted by atomic mass is 10.0. The van der Waals surface area contributed by atoms with Gasteiger partial charge >= 0.3 is 5.69 Å². The van der Waals surface area contributed by atoms with Crippen LogP contribution in [0, 0.1) is 10.1 Å². The Balaban J connectivity index is 1.46. The number of amides is 1. The van der Waals surface area contributed by atoms with E-state index in [1.807, 2.05) is 41.1 Å². The highest BCUT2D eigenvalue weighted by Crippen LogP contribution is 2.29. The number of rotatable bonds is 4. The third-order valence-electron chi connectivity index (χ3n) is 5.42. The Morgan fingerprint density at radius 3 is 2.75 bits per heavy atom. The molecule has 144 valence electrons. The normalized spacial score (nSPS) is 15.0. The third kappa shape index (κ3) is 3.17. The Labute approximate surface area is 161 Å². The molecule has 1 saturated heterocycles. The Morgan fingerprint density at radius 1 is 1.25 bits per heavy atom. The average molecular weight is 379 g/mol. The van der Waals surface area contributed by atoms with E-state index in [1.165, 1.54) is 6.07 Å². The van der Waals surface area contributed by atoms with Crippen molar-refractivity contribution in [2.45, 2.75) is 18.9 Å². The number of carbonyl (C=O) groups is 1. The van der Waals surface area contributed by atoms with Crippen LogP contribution in [-0.4, -0.2) is 51.9 Å². The Hall–Kier alpha value is -3.42. The fourth-order valence-electron chi connectivity index (χ4n) is 3.85. The summed E-state index contributed by atoms with van der Waals surface area (Å²) in [6, 6.07) is 10.9. The molecule has 1 fully saturated rings. The molecule has 2 aromatic heterocycles. The minimum atomic E-state index is -0.408. The van der Waals surface area contributed by atoms with E-state index in [9.17, 15) is 14.9 Å². The third-order valence-corrected chi connectivity index (χ3v) is 5.42. The summed E-state index contributed by atoms with van der Waals surface area (Å²) in [6.07, 6.45) is 4.80. The van der Waals surface area contributed by atoms with Crippen LogP contribution in [0.15, 0.2) is 48.8 Å². The van der Waals surface area contributed by atoms with Crippen LogP contribution >= 0.6 is 0 Å². The summed E-state index contributed by atoms with van der Waals surface area (Å²) in [6.45, 7) is 1.21. The number of benzene rings is 1. The number of piperidine rings is 1. The van der Waals surface area contributed by atoms with Crippen molar-refractivity contribution in [1.82, 2.24) is 14.9 Å². The number of para-hydroxylation sites is 1. The Kier molecular flexibility index (Phi) is 4.68. The number of hydrogen-bond donors (Lipinski definition) is 1. The summed E-state index contributed by atoms with van der Waals surface area (Å²) in [5.74, 6) is 0.385. The van der Waals surface area contributed by atoms with Gasteiger partial charge in [0, 0.05) is 55.5 Å². The van der Waals surface area contributed by atoms with Gasteiger partial charge in [-0.15, -0.1) is 0 Å². The molecule has 1 aromatic carbocycles. The van der Waals surface area contributed by atoms with Gasteiger partial charge in [-0.3, -0.25) is 14.9 Å². The van der Waals surface area contributed by atoms with Crippen LogP contribution in [0.25, 0.3) is 10.9 Å². The summed E-state index contributed by atoms with van der Waals surface area (Å²) < 4.78 is 0. The molecule has 0 aliphatic carbocycles. The molecule has 0 unspecified atom stereocenters. The van der Waals surface area contributed by atoms with Crippen LogP contribution in [-0.2, 0) is 0 Å². The van der Waals surface area contributed by atoms with Gasteiger partial charge in [-0.25, -0.2) is 4.98 Å². The van der Waals surface area contributed by atoms with E-state index in [0.717, 1.165) is 23.7 Å². The summed E-state index contributed by atoms with van der Waals surface area (Å²) >= 11 is 0. The maximum absolute atomic E-state index is 13.0.